The van der Waals surface area contributed by atoms with Crippen molar-refractivity contribution in [2.75, 3.05) is 25.6 Å². The highest BCUT2D eigenvalue weighted by Crippen LogP contribution is 2.18. The van der Waals surface area contributed by atoms with Gasteiger partial charge in [0.05, 0.1) is 12.0 Å². The van der Waals surface area contributed by atoms with Crippen LogP contribution in [0.15, 0.2) is 48.5 Å². The summed E-state index contributed by atoms with van der Waals surface area (Å²) >= 11 is 0. The number of esters is 1. The zero-order valence-corrected chi connectivity index (χ0v) is 12.5. The number of methoxy groups -OCH3 is 1. The summed E-state index contributed by atoms with van der Waals surface area (Å²) in [7, 11) is 1.49. The van der Waals surface area contributed by atoms with Crippen molar-refractivity contribution in [2.45, 2.75) is 0 Å². The van der Waals surface area contributed by atoms with E-state index in [0.717, 1.165) is 0 Å². The molecule has 7 heteroatoms. The van der Waals surface area contributed by atoms with Gasteiger partial charge in [0.2, 0.25) is 0 Å². The van der Waals surface area contributed by atoms with Crippen molar-refractivity contribution in [1.82, 2.24) is 0 Å². The molecule has 0 saturated carbocycles. The van der Waals surface area contributed by atoms with E-state index in [1.54, 1.807) is 36.4 Å². The molecule has 0 spiro atoms. The van der Waals surface area contributed by atoms with Gasteiger partial charge in [0.15, 0.2) is 0 Å². The Hall–Kier alpha value is -3.09. The van der Waals surface area contributed by atoms with Crippen molar-refractivity contribution in [3.05, 3.63) is 64.2 Å². The quantitative estimate of drug-likeness (QED) is 0.365. The number of nitrogens with zero attached hydrogens (tertiary/aromatic N) is 1. The van der Waals surface area contributed by atoms with Gasteiger partial charge in [-0.25, -0.2) is 4.79 Å². The number of para-hydroxylation sites is 1. The van der Waals surface area contributed by atoms with Gasteiger partial charge in [-0.2, -0.15) is 0 Å². The number of nitrogens with one attached hydrogen (secondary N) is 1. The third-order valence-electron chi connectivity index (χ3n) is 3.07. The van der Waals surface area contributed by atoms with Crippen molar-refractivity contribution in [1.29, 1.82) is 0 Å². The first-order chi connectivity index (χ1) is 11.1. The van der Waals surface area contributed by atoms with Gasteiger partial charge in [0.1, 0.15) is 17.9 Å². The Bertz CT molecular complexity index is 685. The lowest BCUT2D eigenvalue weighted by molar-refractivity contribution is -0.384. The Morgan fingerprint density at radius 1 is 1.17 bits per heavy atom. The standard InChI is InChI=1S/C16H16N2O5/c1-22-15-5-3-2-4-14(15)16(19)23-11-10-17-12-6-8-13(9-7-12)18(20)21/h2-9,17H,10-11H2,1H3. The SMILES string of the molecule is COc1ccccc1C(=O)OCCNc1ccc([N+](=O)[O-])cc1. The first-order valence-electron chi connectivity index (χ1n) is 6.90. The van der Waals surface area contributed by atoms with Crippen LogP contribution in [0.5, 0.6) is 5.75 Å². The fourth-order valence-electron chi connectivity index (χ4n) is 1.93. The number of carbonyl (C=O) groups is 1. The molecule has 0 fully saturated rings. The highest BCUT2D eigenvalue weighted by Gasteiger charge is 2.12. The number of rotatable bonds is 7. The van der Waals surface area contributed by atoms with Crippen molar-refractivity contribution in [3.63, 3.8) is 0 Å². The van der Waals surface area contributed by atoms with E-state index >= 15 is 0 Å². The first-order valence-corrected chi connectivity index (χ1v) is 6.90. The molecule has 0 aliphatic heterocycles. The summed E-state index contributed by atoms with van der Waals surface area (Å²) in [6.45, 7) is 0.548. The van der Waals surface area contributed by atoms with Gasteiger partial charge in [0.25, 0.3) is 5.69 Å². The second kappa shape index (κ2) is 7.79. The average Bonchev–Trinajstić information content (AvgIpc) is 2.58. The van der Waals surface area contributed by atoms with Gasteiger partial charge < -0.3 is 14.8 Å². The highest BCUT2D eigenvalue weighted by atomic mass is 16.6. The van der Waals surface area contributed by atoms with Crippen LogP contribution >= 0.6 is 0 Å². The molecule has 0 bridgehead atoms. The van der Waals surface area contributed by atoms with Crippen LogP contribution in [0.25, 0.3) is 0 Å². The van der Waals surface area contributed by atoms with E-state index < -0.39 is 10.9 Å². The number of hydrogen-bond acceptors (Lipinski definition) is 6. The minimum Gasteiger partial charge on any atom is -0.496 e. The zero-order valence-electron chi connectivity index (χ0n) is 12.5. The summed E-state index contributed by atoms with van der Waals surface area (Å²) in [6.07, 6.45) is 0. The summed E-state index contributed by atoms with van der Waals surface area (Å²) < 4.78 is 10.3. The first kappa shape index (κ1) is 16.3. The number of carbonyl (C=O) groups excluding carboxylic acids is 1. The Balaban J connectivity index is 1.81. The fraction of sp³-hybridized carbons (Fsp3) is 0.188. The van der Waals surface area contributed by atoms with Crippen molar-refractivity contribution in [3.8, 4) is 5.75 Å². The molecule has 0 radical (unpaired) electrons. The smallest absolute Gasteiger partial charge is 0.341 e. The largest absolute Gasteiger partial charge is 0.496 e. The summed E-state index contributed by atoms with van der Waals surface area (Å²) in [5.74, 6) is -0.00576. The van der Waals surface area contributed by atoms with Crippen LogP contribution in [-0.4, -0.2) is 31.2 Å². The van der Waals surface area contributed by atoms with Crippen LogP contribution in [0.4, 0.5) is 11.4 Å². The summed E-state index contributed by atoms with van der Waals surface area (Å²) in [6, 6.07) is 12.8. The average molecular weight is 316 g/mol. The number of nitro groups is 1. The molecule has 2 rings (SSSR count). The Morgan fingerprint density at radius 3 is 2.52 bits per heavy atom. The molecule has 1 N–H and O–H groups in total. The van der Waals surface area contributed by atoms with E-state index in [9.17, 15) is 14.9 Å². The van der Waals surface area contributed by atoms with E-state index in [4.69, 9.17) is 9.47 Å². The van der Waals surface area contributed by atoms with Gasteiger partial charge in [-0.15, -0.1) is 0 Å². The van der Waals surface area contributed by atoms with Crippen molar-refractivity contribution in [2.24, 2.45) is 0 Å². The topological polar surface area (TPSA) is 90.7 Å². The second-order valence-electron chi connectivity index (χ2n) is 4.57. The zero-order chi connectivity index (χ0) is 16.7. The van der Waals surface area contributed by atoms with Gasteiger partial charge in [-0.05, 0) is 24.3 Å². The van der Waals surface area contributed by atoms with E-state index in [0.29, 0.717) is 23.5 Å². The second-order valence-corrected chi connectivity index (χ2v) is 4.57. The fourth-order valence-corrected chi connectivity index (χ4v) is 1.93. The van der Waals surface area contributed by atoms with Gasteiger partial charge in [-0.1, -0.05) is 12.1 Å². The lowest BCUT2D eigenvalue weighted by Crippen LogP contribution is -2.14. The van der Waals surface area contributed by atoms with Crippen LogP contribution in [0, 0.1) is 10.1 Å². The molecule has 0 aliphatic carbocycles. The van der Waals surface area contributed by atoms with Crippen LogP contribution < -0.4 is 10.1 Å². The predicted molar refractivity (Wildman–Crippen MR) is 84.9 cm³/mol. The maximum Gasteiger partial charge on any atom is 0.341 e. The summed E-state index contributed by atoms with van der Waals surface area (Å²) in [4.78, 5) is 22.0. The summed E-state index contributed by atoms with van der Waals surface area (Å²) in [5, 5.41) is 13.6. The predicted octanol–water partition coefficient (Wildman–Crippen LogP) is 2.87. The number of hydrogen-bond donors (Lipinski definition) is 1. The number of nitro benzene ring substituents is 1. The molecule has 0 heterocycles. The number of benzene rings is 2. The third kappa shape index (κ3) is 4.44. The van der Waals surface area contributed by atoms with Crippen molar-refractivity contribution < 1.29 is 19.2 Å². The van der Waals surface area contributed by atoms with Gasteiger partial charge in [0, 0.05) is 24.4 Å². The van der Waals surface area contributed by atoms with E-state index in [1.165, 1.54) is 19.2 Å². The summed E-state index contributed by atoms with van der Waals surface area (Å²) in [5.41, 5.74) is 1.10. The number of non-ortho nitro benzene ring substituents is 1. The van der Waals surface area contributed by atoms with E-state index in [1.807, 2.05) is 0 Å². The molecule has 23 heavy (non-hydrogen) atoms. The molecule has 0 saturated heterocycles. The van der Waals surface area contributed by atoms with Gasteiger partial charge in [-0.3, -0.25) is 10.1 Å². The van der Waals surface area contributed by atoms with Crippen LogP contribution in [-0.2, 0) is 4.74 Å². The number of anilines is 1. The monoisotopic (exact) mass is 316 g/mol. The molecule has 2 aromatic rings. The maximum atomic E-state index is 12.0. The molecule has 2 aromatic carbocycles. The maximum absolute atomic E-state index is 12.0. The molecule has 7 nitrogen and oxygen atoms in total. The Kier molecular flexibility index (Phi) is 5.51. The molecular weight excluding hydrogens is 300 g/mol. The molecule has 0 unspecified atom stereocenters. The Morgan fingerprint density at radius 2 is 1.87 bits per heavy atom. The number of ether oxygens (including phenoxy) is 2. The van der Waals surface area contributed by atoms with Gasteiger partial charge >= 0.3 is 5.97 Å². The van der Waals surface area contributed by atoms with Crippen LogP contribution in [0.1, 0.15) is 10.4 Å². The molecular formula is C16H16N2O5. The van der Waals surface area contributed by atoms with E-state index in [-0.39, 0.29) is 12.3 Å². The molecule has 120 valence electrons. The Labute approximate surface area is 133 Å². The molecule has 0 aliphatic rings. The van der Waals surface area contributed by atoms with Crippen LogP contribution in [0.2, 0.25) is 0 Å². The molecule has 0 atom stereocenters. The minimum atomic E-state index is -0.465. The van der Waals surface area contributed by atoms with Crippen LogP contribution in [0.3, 0.4) is 0 Å². The highest BCUT2D eigenvalue weighted by molar-refractivity contribution is 5.92. The molecule has 0 amide bonds. The minimum absolute atomic E-state index is 0.0261. The molecule has 0 aromatic heterocycles. The van der Waals surface area contributed by atoms with Crippen molar-refractivity contribution >= 4 is 17.3 Å². The normalized spacial score (nSPS) is 9.96. The van der Waals surface area contributed by atoms with E-state index in [2.05, 4.69) is 5.32 Å². The lowest BCUT2D eigenvalue weighted by Gasteiger charge is -2.09. The third-order valence-corrected chi connectivity index (χ3v) is 3.07. The lowest BCUT2D eigenvalue weighted by atomic mass is 10.2.